The van der Waals surface area contributed by atoms with Crippen molar-refractivity contribution in [3.63, 3.8) is 0 Å². The maximum absolute atomic E-state index is 11.4. The van der Waals surface area contributed by atoms with E-state index in [1.807, 2.05) is 0 Å². The highest BCUT2D eigenvalue weighted by Crippen LogP contribution is 2.03. The fourth-order valence-corrected chi connectivity index (χ4v) is 1.10. The van der Waals surface area contributed by atoms with Crippen LogP contribution in [0.1, 0.15) is 5.69 Å². The molecule has 8 heteroatoms. The molecule has 0 atom stereocenters. The molecule has 2 heterocycles. The van der Waals surface area contributed by atoms with Crippen molar-refractivity contribution in [3.8, 4) is 0 Å². The summed E-state index contributed by atoms with van der Waals surface area (Å²) in [5, 5.41) is 9.98. The van der Waals surface area contributed by atoms with Gasteiger partial charge < -0.3 is 0 Å². The fraction of sp³-hybridized carbons (Fsp3) is 0.333. The van der Waals surface area contributed by atoms with Gasteiger partial charge in [-0.25, -0.2) is 14.2 Å². The summed E-state index contributed by atoms with van der Waals surface area (Å²) in [7, 11) is 1.48. The molecule has 0 saturated heterocycles. The van der Waals surface area contributed by atoms with Crippen LogP contribution in [0.4, 0.5) is 0 Å². The van der Waals surface area contributed by atoms with Crippen LogP contribution in [0, 0.1) is 4.91 Å². The van der Waals surface area contributed by atoms with Crippen LogP contribution in [0.5, 0.6) is 0 Å². The van der Waals surface area contributed by atoms with Crippen LogP contribution >= 0.6 is 0 Å². The van der Waals surface area contributed by atoms with Crippen LogP contribution in [0.25, 0.3) is 5.65 Å². The lowest BCUT2D eigenvalue weighted by Gasteiger charge is -1.95. The highest BCUT2D eigenvalue weighted by molar-refractivity contribution is 5.41. The van der Waals surface area contributed by atoms with Crippen molar-refractivity contribution in [2.45, 2.75) is 6.54 Å². The summed E-state index contributed by atoms with van der Waals surface area (Å²) >= 11 is 0. The molecule has 0 amide bonds. The monoisotopic (exact) mass is 194 g/mol. The zero-order chi connectivity index (χ0) is 10.1. The number of nitrogens with zero attached hydrogens (tertiary/aromatic N) is 6. The van der Waals surface area contributed by atoms with Gasteiger partial charge in [0.1, 0.15) is 18.6 Å². The van der Waals surface area contributed by atoms with Gasteiger partial charge in [0.15, 0.2) is 5.65 Å². The molecule has 0 bridgehead atoms. The largest absolute Gasteiger partial charge is 0.352 e. The van der Waals surface area contributed by atoms with Gasteiger partial charge in [-0.05, 0) is 0 Å². The molecule has 14 heavy (non-hydrogen) atoms. The maximum Gasteiger partial charge on any atom is 0.352 e. The maximum atomic E-state index is 11.4. The number of rotatable bonds is 2. The molecule has 0 unspecified atom stereocenters. The molecule has 0 aliphatic rings. The molecule has 2 aromatic heterocycles. The molecule has 0 aromatic carbocycles. The average molecular weight is 194 g/mol. The zero-order valence-electron chi connectivity index (χ0n) is 7.28. The van der Waals surface area contributed by atoms with Gasteiger partial charge in [-0.2, -0.15) is 9.59 Å². The lowest BCUT2D eigenvalue weighted by Crippen LogP contribution is -2.27. The Morgan fingerprint density at radius 2 is 2.36 bits per heavy atom. The summed E-state index contributed by atoms with van der Waals surface area (Å²) in [6, 6.07) is 0. The van der Waals surface area contributed by atoms with E-state index in [0.29, 0.717) is 5.69 Å². The van der Waals surface area contributed by atoms with Gasteiger partial charge >= 0.3 is 5.69 Å². The summed E-state index contributed by atoms with van der Waals surface area (Å²) in [4.78, 5) is 25.3. The van der Waals surface area contributed by atoms with Crippen LogP contribution in [-0.2, 0) is 13.6 Å². The standard InChI is InChI=1S/C6H6N6O2/c1-11-6(13)12-3-7-4(2-8-14)5(12)9-10-11/h3H,2H2,1H3. The van der Waals surface area contributed by atoms with E-state index in [-0.39, 0.29) is 17.9 Å². The third-order valence-electron chi connectivity index (χ3n) is 1.79. The Morgan fingerprint density at radius 1 is 1.57 bits per heavy atom. The molecule has 0 spiro atoms. The summed E-state index contributed by atoms with van der Waals surface area (Å²) in [6.45, 7) is -0.113. The molecule has 0 saturated carbocycles. The molecule has 0 fully saturated rings. The van der Waals surface area contributed by atoms with E-state index >= 15 is 0 Å². The third kappa shape index (κ3) is 1.08. The third-order valence-corrected chi connectivity index (χ3v) is 1.79. The van der Waals surface area contributed by atoms with Gasteiger partial charge in [0.05, 0.1) is 0 Å². The molecule has 0 radical (unpaired) electrons. The SMILES string of the molecule is Cn1nnc2c(CN=O)ncn2c1=O. The van der Waals surface area contributed by atoms with Crippen molar-refractivity contribution < 1.29 is 0 Å². The van der Waals surface area contributed by atoms with E-state index in [2.05, 4.69) is 20.5 Å². The quantitative estimate of drug-likeness (QED) is 0.576. The number of aromatic nitrogens is 5. The Labute approximate surface area is 77.2 Å². The lowest BCUT2D eigenvalue weighted by atomic mass is 10.5. The van der Waals surface area contributed by atoms with Crippen LogP contribution in [0.2, 0.25) is 0 Å². The molecule has 2 aromatic rings. The minimum atomic E-state index is -0.361. The first-order valence-corrected chi connectivity index (χ1v) is 3.79. The lowest BCUT2D eigenvalue weighted by molar-refractivity contribution is 0.606. The summed E-state index contributed by atoms with van der Waals surface area (Å²) < 4.78 is 2.29. The first kappa shape index (κ1) is 8.48. The first-order valence-electron chi connectivity index (χ1n) is 3.79. The molecule has 0 N–H and O–H groups in total. The van der Waals surface area contributed by atoms with Crippen molar-refractivity contribution in [2.75, 3.05) is 0 Å². The summed E-state index contributed by atoms with van der Waals surface area (Å²) in [6.07, 6.45) is 1.30. The zero-order valence-corrected chi connectivity index (χ0v) is 7.28. The Balaban J connectivity index is 2.77. The Kier molecular flexibility index (Phi) is 1.80. The van der Waals surface area contributed by atoms with Crippen molar-refractivity contribution in [2.24, 2.45) is 12.2 Å². The molecular formula is C6H6N6O2. The van der Waals surface area contributed by atoms with Crippen LogP contribution in [0.3, 0.4) is 0 Å². The minimum Gasteiger partial charge on any atom is -0.245 e. The minimum absolute atomic E-state index is 0.113. The number of imidazole rings is 1. The van der Waals surface area contributed by atoms with E-state index in [1.54, 1.807) is 0 Å². The number of aryl methyl sites for hydroxylation is 1. The Bertz CT molecular complexity index is 541. The van der Waals surface area contributed by atoms with Gasteiger partial charge in [-0.3, -0.25) is 0 Å². The van der Waals surface area contributed by atoms with Crippen LogP contribution in [0.15, 0.2) is 16.3 Å². The first-order chi connectivity index (χ1) is 6.74. The van der Waals surface area contributed by atoms with E-state index in [4.69, 9.17) is 0 Å². The molecular weight excluding hydrogens is 188 g/mol. The fourth-order valence-electron chi connectivity index (χ4n) is 1.10. The molecule has 0 aliphatic heterocycles. The molecule has 72 valence electrons. The normalized spacial score (nSPS) is 10.6. The van der Waals surface area contributed by atoms with Crippen LogP contribution in [-0.4, -0.2) is 24.4 Å². The highest BCUT2D eigenvalue weighted by atomic mass is 16.3. The molecule has 8 nitrogen and oxygen atoms in total. The second kappa shape index (κ2) is 2.98. The second-order valence-corrected chi connectivity index (χ2v) is 2.67. The van der Waals surface area contributed by atoms with Gasteiger partial charge in [-0.1, -0.05) is 10.4 Å². The number of hydrogen-bond donors (Lipinski definition) is 0. The number of hydrogen-bond acceptors (Lipinski definition) is 6. The second-order valence-electron chi connectivity index (χ2n) is 2.67. The van der Waals surface area contributed by atoms with Crippen molar-refractivity contribution in [1.29, 1.82) is 0 Å². The van der Waals surface area contributed by atoms with E-state index in [0.717, 1.165) is 4.68 Å². The number of fused-ring (bicyclic) bond motifs is 1. The van der Waals surface area contributed by atoms with Crippen molar-refractivity contribution in [1.82, 2.24) is 24.4 Å². The predicted octanol–water partition coefficient (Wildman–Crippen LogP) is -0.911. The summed E-state index contributed by atoms with van der Waals surface area (Å²) in [5.74, 6) is 0. The van der Waals surface area contributed by atoms with Gasteiger partial charge in [0.2, 0.25) is 0 Å². The molecule has 0 aliphatic carbocycles. The van der Waals surface area contributed by atoms with Gasteiger partial charge in [-0.15, -0.1) is 5.10 Å². The number of nitroso groups, excluding NO2 is 1. The van der Waals surface area contributed by atoms with Gasteiger partial charge in [0, 0.05) is 7.05 Å². The van der Waals surface area contributed by atoms with E-state index < -0.39 is 0 Å². The topological polar surface area (TPSA) is 94.5 Å². The Morgan fingerprint density at radius 3 is 3.07 bits per heavy atom. The van der Waals surface area contributed by atoms with Crippen LogP contribution < -0.4 is 5.69 Å². The van der Waals surface area contributed by atoms with E-state index in [1.165, 1.54) is 17.8 Å². The van der Waals surface area contributed by atoms with Crippen molar-refractivity contribution in [3.05, 3.63) is 27.4 Å². The highest BCUT2D eigenvalue weighted by Gasteiger charge is 2.09. The van der Waals surface area contributed by atoms with E-state index in [9.17, 15) is 9.70 Å². The van der Waals surface area contributed by atoms with Gasteiger partial charge in [0.25, 0.3) is 0 Å². The smallest absolute Gasteiger partial charge is 0.245 e. The average Bonchev–Trinajstić information content (AvgIpc) is 2.57. The van der Waals surface area contributed by atoms with Crippen molar-refractivity contribution >= 4 is 5.65 Å². The summed E-state index contributed by atoms with van der Waals surface area (Å²) in [5.41, 5.74) is 0.262. The Hall–Kier alpha value is -2.12. The molecule has 2 rings (SSSR count). The predicted molar refractivity (Wildman–Crippen MR) is 45.5 cm³/mol.